The summed E-state index contributed by atoms with van der Waals surface area (Å²) in [6.45, 7) is 1.82. The Kier molecular flexibility index (Phi) is 6.91. The second-order valence-electron chi connectivity index (χ2n) is 8.39. The van der Waals surface area contributed by atoms with E-state index in [2.05, 4.69) is 4.98 Å². The third-order valence-electron chi connectivity index (χ3n) is 6.09. The Hall–Kier alpha value is -4.23. The first-order chi connectivity index (χ1) is 17.6. The zero-order valence-electron chi connectivity index (χ0n) is 19.5. The summed E-state index contributed by atoms with van der Waals surface area (Å²) in [5.74, 6) is -0.220. The third-order valence-corrected chi connectivity index (χ3v) is 6.42. The predicted molar refractivity (Wildman–Crippen MR) is 140 cm³/mol. The Morgan fingerprint density at radius 2 is 1.58 bits per heavy atom. The third kappa shape index (κ3) is 5.06. The summed E-state index contributed by atoms with van der Waals surface area (Å²) >= 11 is 6.18. The van der Waals surface area contributed by atoms with Crippen molar-refractivity contribution in [1.29, 1.82) is 0 Å². The van der Waals surface area contributed by atoms with Crippen molar-refractivity contribution in [1.82, 2.24) is 24.6 Å². The van der Waals surface area contributed by atoms with Crippen LogP contribution in [0.2, 0.25) is 5.02 Å². The molecule has 1 aliphatic heterocycles. The van der Waals surface area contributed by atoms with Crippen molar-refractivity contribution in [3.63, 3.8) is 0 Å². The van der Waals surface area contributed by atoms with Crippen LogP contribution < -0.4 is 0 Å². The summed E-state index contributed by atoms with van der Waals surface area (Å²) in [4.78, 5) is 33.5. The van der Waals surface area contributed by atoms with Crippen LogP contribution in [-0.4, -0.2) is 62.6 Å². The largest absolute Gasteiger partial charge is 0.336 e. The fourth-order valence-corrected chi connectivity index (χ4v) is 4.37. The number of carbonyl (C=O) groups is 2. The highest BCUT2D eigenvalue weighted by molar-refractivity contribution is 6.33. The Labute approximate surface area is 214 Å². The number of benzene rings is 2. The van der Waals surface area contributed by atoms with Gasteiger partial charge in [0.15, 0.2) is 0 Å². The number of hydrogen-bond donors (Lipinski definition) is 0. The van der Waals surface area contributed by atoms with Crippen molar-refractivity contribution < 1.29 is 9.59 Å². The monoisotopic (exact) mass is 497 g/mol. The van der Waals surface area contributed by atoms with E-state index in [0.717, 1.165) is 22.5 Å². The van der Waals surface area contributed by atoms with Crippen molar-refractivity contribution >= 4 is 29.5 Å². The van der Waals surface area contributed by atoms with Crippen LogP contribution in [0.25, 0.3) is 23.0 Å². The van der Waals surface area contributed by atoms with Crippen LogP contribution in [0.3, 0.4) is 0 Å². The number of nitrogens with zero attached hydrogens (tertiary/aromatic N) is 5. The van der Waals surface area contributed by atoms with Gasteiger partial charge in [0.25, 0.3) is 5.91 Å². The molecular weight excluding hydrogens is 474 g/mol. The molecule has 3 heterocycles. The second-order valence-corrected chi connectivity index (χ2v) is 8.79. The number of amides is 2. The summed E-state index contributed by atoms with van der Waals surface area (Å²) in [5, 5.41) is 5.19. The molecule has 0 saturated carbocycles. The van der Waals surface area contributed by atoms with Crippen LogP contribution in [0.15, 0.2) is 91.4 Å². The normalized spacial score (nSPS) is 13.8. The van der Waals surface area contributed by atoms with Crippen molar-refractivity contribution in [2.75, 3.05) is 26.2 Å². The molecule has 2 aromatic heterocycles. The molecule has 0 unspecified atom stereocenters. The average Bonchev–Trinajstić information content (AvgIpc) is 3.37. The Morgan fingerprint density at radius 1 is 0.861 bits per heavy atom. The number of carbonyl (C=O) groups excluding carboxylic acids is 2. The van der Waals surface area contributed by atoms with Gasteiger partial charge in [-0.15, -0.1) is 0 Å². The van der Waals surface area contributed by atoms with E-state index < -0.39 is 0 Å². The van der Waals surface area contributed by atoms with Gasteiger partial charge >= 0.3 is 0 Å². The lowest BCUT2D eigenvalue weighted by Crippen LogP contribution is -2.50. The lowest BCUT2D eigenvalue weighted by molar-refractivity contribution is -0.127. The maximum Gasteiger partial charge on any atom is 0.255 e. The lowest BCUT2D eigenvalue weighted by atomic mass is 10.1. The van der Waals surface area contributed by atoms with Gasteiger partial charge in [-0.25, -0.2) is 4.68 Å². The summed E-state index contributed by atoms with van der Waals surface area (Å²) in [5.41, 5.74) is 3.83. The molecular formula is C28H24ClN5O2. The van der Waals surface area contributed by atoms with E-state index in [1.54, 1.807) is 63.3 Å². The minimum Gasteiger partial charge on any atom is -0.336 e. The molecule has 4 aromatic rings. The molecule has 2 amide bonds. The van der Waals surface area contributed by atoms with Crippen LogP contribution in [-0.2, 0) is 4.79 Å². The zero-order valence-corrected chi connectivity index (χ0v) is 20.3. The van der Waals surface area contributed by atoms with E-state index in [-0.39, 0.29) is 11.8 Å². The molecule has 1 fully saturated rings. The molecule has 5 rings (SSSR count). The molecule has 0 bridgehead atoms. The molecule has 2 aromatic carbocycles. The van der Waals surface area contributed by atoms with Gasteiger partial charge in [0.1, 0.15) is 5.69 Å². The lowest BCUT2D eigenvalue weighted by Gasteiger charge is -2.34. The minimum atomic E-state index is -0.113. The first-order valence-corrected chi connectivity index (χ1v) is 12.0. The van der Waals surface area contributed by atoms with Gasteiger partial charge in [-0.2, -0.15) is 5.10 Å². The van der Waals surface area contributed by atoms with E-state index in [4.69, 9.17) is 16.7 Å². The second kappa shape index (κ2) is 10.6. The number of para-hydroxylation sites is 1. The number of rotatable bonds is 5. The van der Waals surface area contributed by atoms with Crippen molar-refractivity contribution in [2.24, 2.45) is 0 Å². The molecule has 36 heavy (non-hydrogen) atoms. The van der Waals surface area contributed by atoms with Gasteiger partial charge in [-0.05, 0) is 42.5 Å². The zero-order chi connectivity index (χ0) is 24.9. The topological polar surface area (TPSA) is 71.3 Å². The molecule has 0 N–H and O–H groups in total. The van der Waals surface area contributed by atoms with Gasteiger partial charge in [-0.3, -0.25) is 14.6 Å². The quantitative estimate of drug-likeness (QED) is 0.378. The number of hydrogen-bond acceptors (Lipinski definition) is 4. The molecule has 1 saturated heterocycles. The molecule has 8 heteroatoms. The van der Waals surface area contributed by atoms with E-state index in [1.165, 1.54) is 0 Å². The highest BCUT2D eigenvalue weighted by Gasteiger charge is 2.25. The SMILES string of the molecule is O=C(C=Cc1cn(-c2ccccc2)nc1-c1cccnc1)N1CCN(C(=O)c2ccccc2Cl)CC1. The maximum atomic E-state index is 13.0. The van der Waals surface area contributed by atoms with Gasteiger partial charge < -0.3 is 9.80 Å². The Bertz CT molecular complexity index is 1390. The molecule has 0 radical (unpaired) electrons. The molecule has 0 spiro atoms. The fourth-order valence-electron chi connectivity index (χ4n) is 4.15. The number of aromatic nitrogens is 3. The van der Waals surface area contributed by atoms with Crippen LogP contribution in [0.1, 0.15) is 15.9 Å². The predicted octanol–water partition coefficient (Wildman–Crippen LogP) is 4.59. The fraction of sp³-hybridized carbons (Fsp3) is 0.143. The molecule has 7 nitrogen and oxygen atoms in total. The van der Waals surface area contributed by atoms with Crippen LogP contribution in [0.4, 0.5) is 0 Å². The van der Waals surface area contributed by atoms with E-state index in [1.807, 2.05) is 48.7 Å². The van der Waals surface area contributed by atoms with Gasteiger partial charge in [0.05, 0.1) is 16.3 Å². The Balaban J connectivity index is 1.30. The number of pyridine rings is 1. The highest BCUT2D eigenvalue weighted by Crippen LogP contribution is 2.24. The molecule has 180 valence electrons. The van der Waals surface area contributed by atoms with Crippen LogP contribution >= 0.6 is 11.6 Å². The van der Waals surface area contributed by atoms with Gasteiger partial charge in [-0.1, -0.05) is 41.9 Å². The molecule has 0 aliphatic carbocycles. The van der Waals surface area contributed by atoms with Gasteiger partial charge in [0, 0.05) is 62.0 Å². The maximum absolute atomic E-state index is 13.0. The van der Waals surface area contributed by atoms with E-state index in [0.29, 0.717) is 36.8 Å². The number of halogens is 1. The van der Waals surface area contributed by atoms with Crippen LogP contribution in [0, 0.1) is 0 Å². The minimum absolute atomic E-state index is 0.107. The molecule has 1 aliphatic rings. The average molecular weight is 498 g/mol. The van der Waals surface area contributed by atoms with E-state index in [9.17, 15) is 9.59 Å². The summed E-state index contributed by atoms with van der Waals surface area (Å²) in [6, 6.07) is 20.6. The summed E-state index contributed by atoms with van der Waals surface area (Å²) in [6.07, 6.45) is 8.73. The molecule has 0 atom stereocenters. The first kappa shape index (κ1) is 23.5. The van der Waals surface area contributed by atoms with Gasteiger partial charge in [0.2, 0.25) is 5.91 Å². The standard InChI is InChI=1S/C28H24ClN5O2/c29-25-11-5-4-10-24(25)28(36)33-17-15-32(16-18-33)26(35)13-12-22-20-34(23-8-2-1-3-9-23)31-27(22)21-7-6-14-30-19-21/h1-14,19-20H,15-18H2. The van der Waals surface area contributed by atoms with Crippen molar-refractivity contribution in [3.05, 3.63) is 108 Å². The van der Waals surface area contributed by atoms with E-state index >= 15 is 0 Å². The number of piperazine rings is 1. The highest BCUT2D eigenvalue weighted by atomic mass is 35.5. The van der Waals surface area contributed by atoms with Crippen molar-refractivity contribution in [2.45, 2.75) is 0 Å². The first-order valence-electron chi connectivity index (χ1n) is 11.7. The summed E-state index contributed by atoms with van der Waals surface area (Å²) < 4.78 is 1.80. The smallest absolute Gasteiger partial charge is 0.255 e. The van der Waals surface area contributed by atoms with Crippen LogP contribution in [0.5, 0.6) is 0 Å². The van der Waals surface area contributed by atoms with Crippen molar-refractivity contribution in [3.8, 4) is 16.9 Å². The Morgan fingerprint density at radius 3 is 2.31 bits per heavy atom. The summed E-state index contributed by atoms with van der Waals surface area (Å²) in [7, 11) is 0.